The maximum absolute atomic E-state index is 4.70. The average Bonchev–Trinajstić information content (AvgIpc) is 3.00. The summed E-state index contributed by atoms with van der Waals surface area (Å²) in [4.78, 5) is 9.20. The summed E-state index contributed by atoms with van der Waals surface area (Å²) in [5, 5.41) is 3.36. The van der Waals surface area contributed by atoms with Crippen molar-refractivity contribution in [1.29, 1.82) is 0 Å². The minimum atomic E-state index is 0.498. The number of hydrogen-bond donors (Lipinski definition) is 0. The lowest BCUT2D eigenvalue weighted by atomic mass is 10.1. The number of imidazole rings is 1. The SMILES string of the molecule is Cc1cc2ncn(Cc3csc(C(C)C)n3)c2cc1C. The van der Waals surface area contributed by atoms with E-state index in [2.05, 4.69) is 54.8 Å². The third kappa shape index (κ3) is 2.36. The normalized spacial score (nSPS) is 11.7. The van der Waals surface area contributed by atoms with Crippen LogP contribution in [0.4, 0.5) is 0 Å². The lowest BCUT2D eigenvalue weighted by Gasteiger charge is -2.04. The van der Waals surface area contributed by atoms with Crippen molar-refractivity contribution in [2.24, 2.45) is 0 Å². The molecule has 0 saturated heterocycles. The first kappa shape index (κ1) is 13.3. The lowest BCUT2D eigenvalue weighted by Crippen LogP contribution is -1.99. The van der Waals surface area contributed by atoms with Gasteiger partial charge in [0.1, 0.15) is 0 Å². The molecule has 4 heteroatoms. The highest BCUT2D eigenvalue weighted by atomic mass is 32.1. The molecule has 2 aromatic heterocycles. The van der Waals surface area contributed by atoms with Gasteiger partial charge in [-0.1, -0.05) is 13.8 Å². The Hall–Kier alpha value is -1.68. The first-order valence-electron chi connectivity index (χ1n) is 6.91. The highest BCUT2D eigenvalue weighted by molar-refractivity contribution is 7.09. The van der Waals surface area contributed by atoms with E-state index in [1.165, 1.54) is 21.7 Å². The van der Waals surface area contributed by atoms with Crippen LogP contribution in [0.15, 0.2) is 23.8 Å². The van der Waals surface area contributed by atoms with Crippen molar-refractivity contribution in [2.45, 2.75) is 40.2 Å². The second-order valence-electron chi connectivity index (χ2n) is 5.63. The molecule has 1 aromatic carbocycles. The van der Waals surface area contributed by atoms with E-state index in [1.54, 1.807) is 11.3 Å². The maximum atomic E-state index is 4.70. The zero-order valence-corrected chi connectivity index (χ0v) is 13.2. The Kier molecular flexibility index (Phi) is 3.34. The maximum Gasteiger partial charge on any atom is 0.0962 e. The lowest BCUT2D eigenvalue weighted by molar-refractivity contribution is 0.781. The Morgan fingerprint density at radius 3 is 2.65 bits per heavy atom. The molecule has 0 aliphatic rings. The Bertz CT molecular complexity index is 752. The van der Waals surface area contributed by atoms with Gasteiger partial charge in [-0.05, 0) is 37.1 Å². The van der Waals surface area contributed by atoms with Crippen LogP contribution in [-0.2, 0) is 6.54 Å². The average molecular weight is 285 g/mol. The van der Waals surface area contributed by atoms with E-state index < -0.39 is 0 Å². The number of thiazole rings is 1. The van der Waals surface area contributed by atoms with Crippen LogP contribution < -0.4 is 0 Å². The van der Waals surface area contributed by atoms with E-state index in [1.807, 2.05) is 6.33 Å². The summed E-state index contributed by atoms with van der Waals surface area (Å²) < 4.78 is 2.18. The fourth-order valence-electron chi connectivity index (χ4n) is 2.27. The molecule has 0 bridgehead atoms. The van der Waals surface area contributed by atoms with Gasteiger partial charge in [0.25, 0.3) is 0 Å². The van der Waals surface area contributed by atoms with E-state index in [0.29, 0.717) is 5.92 Å². The zero-order chi connectivity index (χ0) is 14.3. The molecular weight excluding hydrogens is 266 g/mol. The molecule has 3 nitrogen and oxygen atoms in total. The van der Waals surface area contributed by atoms with Gasteiger partial charge in [-0.25, -0.2) is 9.97 Å². The highest BCUT2D eigenvalue weighted by Gasteiger charge is 2.09. The second kappa shape index (κ2) is 5.02. The van der Waals surface area contributed by atoms with Gasteiger partial charge in [0.2, 0.25) is 0 Å². The van der Waals surface area contributed by atoms with E-state index in [0.717, 1.165) is 17.8 Å². The smallest absolute Gasteiger partial charge is 0.0962 e. The first-order chi connectivity index (χ1) is 9.54. The molecular formula is C16H19N3S. The largest absolute Gasteiger partial charge is 0.324 e. The summed E-state index contributed by atoms with van der Waals surface area (Å²) in [5.41, 5.74) is 5.97. The van der Waals surface area contributed by atoms with Crippen LogP contribution in [0.25, 0.3) is 11.0 Å². The fraction of sp³-hybridized carbons (Fsp3) is 0.375. The van der Waals surface area contributed by atoms with Crippen molar-refractivity contribution in [2.75, 3.05) is 0 Å². The number of rotatable bonds is 3. The number of nitrogens with zero attached hydrogens (tertiary/aromatic N) is 3. The van der Waals surface area contributed by atoms with Crippen molar-refractivity contribution < 1.29 is 0 Å². The van der Waals surface area contributed by atoms with Gasteiger partial charge >= 0.3 is 0 Å². The van der Waals surface area contributed by atoms with Crippen molar-refractivity contribution in [3.63, 3.8) is 0 Å². The first-order valence-corrected chi connectivity index (χ1v) is 7.79. The van der Waals surface area contributed by atoms with Gasteiger partial charge in [-0.2, -0.15) is 0 Å². The standard InChI is InChI=1S/C16H19N3S/c1-10(2)16-18-13(8-20-16)7-19-9-17-14-5-11(3)12(4)6-15(14)19/h5-6,8-10H,7H2,1-4H3. The van der Waals surface area contributed by atoms with Gasteiger partial charge in [0, 0.05) is 11.3 Å². The van der Waals surface area contributed by atoms with Crippen LogP contribution in [0.3, 0.4) is 0 Å². The Morgan fingerprint density at radius 2 is 1.95 bits per heavy atom. The monoisotopic (exact) mass is 285 g/mol. The van der Waals surface area contributed by atoms with Crippen molar-refractivity contribution in [3.8, 4) is 0 Å². The number of benzene rings is 1. The van der Waals surface area contributed by atoms with E-state index in [9.17, 15) is 0 Å². The van der Waals surface area contributed by atoms with Crippen LogP contribution in [0, 0.1) is 13.8 Å². The second-order valence-corrected chi connectivity index (χ2v) is 6.52. The summed E-state index contributed by atoms with van der Waals surface area (Å²) in [6.45, 7) is 9.43. The highest BCUT2D eigenvalue weighted by Crippen LogP contribution is 2.22. The molecule has 20 heavy (non-hydrogen) atoms. The van der Waals surface area contributed by atoms with Crippen LogP contribution in [0.2, 0.25) is 0 Å². The van der Waals surface area contributed by atoms with Gasteiger partial charge in [0.15, 0.2) is 0 Å². The molecule has 3 rings (SSSR count). The summed E-state index contributed by atoms with van der Waals surface area (Å²) in [6.07, 6.45) is 1.91. The molecule has 0 aliphatic heterocycles. The van der Waals surface area contributed by atoms with Crippen molar-refractivity contribution in [3.05, 3.63) is 45.7 Å². The number of hydrogen-bond acceptors (Lipinski definition) is 3. The van der Waals surface area contributed by atoms with Gasteiger partial charge < -0.3 is 4.57 Å². The number of fused-ring (bicyclic) bond motifs is 1. The molecule has 0 radical (unpaired) electrons. The predicted molar refractivity (Wildman–Crippen MR) is 84.5 cm³/mol. The quantitative estimate of drug-likeness (QED) is 0.719. The summed E-state index contributed by atoms with van der Waals surface area (Å²) in [6, 6.07) is 4.37. The topological polar surface area (TPSA) is 30.7 Å². The van der Waals surface area contributed by atoms with Gasteiger partial charge in [-0.3, -0.25) is 0 Å². The summed E-state index contributed by atoms with van der Waals surface area (Å²) in [7, 11) is 0. The summed E-state index contributed by atoms with van der Waals surface area (Å²) in [5.74, 6) is 0.498. The molecule has 0 N–H and O–H groups in total. The third-order valence-electron chi connectivity index (χ3n) is 3.63. The van der Waals surface area contributed by atoms with Gasteiger partial charge in [0.05, 0.1) is 34.6 Å². The summed E-state index contributed by atoms with van der Waals surface area (Å²) >= 11 is 1.75. The molecule has 0 fully saturated rings. The molecule has 0 aliphatic carbocycles. The molecule has 0 saturated carbocycles. The van der Waals surface area contributed by atoms with Crippen LogP contribution in [0.5, 0.6) is 0 Å². The van der Waals surface area contributed by atoms with E-state index in [4.69, 9.17) is 4.98 Å². The Morgan fingerprint density at radius 1 is 1.20 bits per heavy atom. The van der Waals surface area contributed by atoms with E-state index in [-0.39, 0.29) is 0 Å². The predicted octanol–water partition coefficient (Wildman–Crippen LogP) is 4.28. The Labute approximate surface area is 123 Å². The molecule has 0 atom stereocenters. The Balaban J connectivity index is 1.96. The number of aryl methyl sites for hydroxylation is 2. The number of aromatic nitrogens is 3. The molecule has 0 amide bonds. The minimum Gasteiger partial charge on any atom is -0.324 e. The molecule has 2 heterocycles. The molecule has 104 valence electrons. The van der Waals surface area contributed by atoms with Crippen LogP contribution >= 0.6 is 11.3 Å². The van der Waals surface area contributed by atoms with Crippen molar-refractivity contribution in [1.82, 2.24) is 14.5 Å². The zero-order valence-electron chi connectivity index (χ0n) is 12.3. The third-order valence-corrected chi connectivity index (χ3v) is 4.83. The molecule has 3 aromatic rings. The fourth-order valence-corrected chi connectivity index (χ4v) is 3.10. The molecule has 0 spiro atoms. The minimum absolute atomic E-state index is 0.498. The van der Waals surface area contributed by atoms with Crippen LogP contribution in [-0.4, -0.2) is 14.5 Å². The van der Waals surface area contributed by atoms with Gasteiger partial charge in [-0.15, -0.1) is 11.3 Å². The van der Waals surface area contributed by atoms with Crippen LogP contribution in [0.1, 0.15) is 41.6 Å². The van der Waals surface area contributed by atoms with Crippen molar-refractivity contribution >= 4 is 22.4 Å². The molecule has 0 unspecified atom stereocenters. The van der Waals surface area contributed by atoms with E-state index >= 15 is 0 Å².